The van der Waals surface area contributed by atoms with Gasteiger partial charge in [-0.1, -0.05) is 0 Å². The third-order valence-corrected chi connectivity index (χ3v) is 1.82. The van der Waals surface area contributed by atoms with E-state index in [0.29, 0.717) is 0 Å². The van der Waals surface area contributed by atoms with Crippen LogP contribution in [-0.2, 0) is 36.2 Å². The molecule has 0 saturated carbocycles. The van der Waals surface area contributed by atoms with Gasteiger partial charge in [0.1, 0.15) is 0 Å². The Bertz CT molecular complexity index is 619. The van der Waals surface area contributed by atoms with Gasteiger partial charge in [-0.3, -0.25) is 0 Å². The quantitative estimate of drug-likeness (QED) is 0.273. The molecule has 0 bridgehead atoms. The Labute approximate surface area is 173 Å². The number of nitrogens with two attached hydrogens (primary N) is 2. The Balaban J connectivity index is -0.0000000857. The van der Waals surface area contributed by atoms with E-state index in [-0.39, 0.29) is 28.0 Å². The summed E-state index contributed by atoms with van der Waals surface area (Å²) in [7, 11) is 0. The van der Waals surface area contributed by atoms with Crippen molar-refractivity contribution < 1.29 is 77.6 Å². The van der Waals surface area contributed by atoms with Gasteiger partial charge < -0.3 is 62.0 Å². The SMILES string of the molecule is Nc1cc[nH+]cc1.Nc1cc[nH+]cc1.O.O.O=C([O-])C(=O)[O-].O=C([O-])C(=O)[O-].[Cu+2]. The van der Waals surface area contributed by atoms with E-state index < -0.39 is 23.9 Å². The van der Waals surface area contributed by atoms with Crippen LogP contribution in [0.3, 0.4) is 0 Å². The molecule has 15 heteroatoms. The van der Waals surface area contributed by atoms with E-state index in [2.05, 4.69) is 9.97 Å². The van der Waals surface area contributed by atoms with E-state index in [4.69, 9.17) is 51.1 Å². The van der Waals surface area contributed by atoms with Crippen molar-refractivity contribution in [1.82, 2.24) is 0 Å². The first-order valence-electron chi connectivity index (χ1n) is 6.35. The average Bonchev–Trinajstić information content (AvgIpc) is 2.58. The first kappa shape index (κ1) is 36.2. The van der Waals surface area contributed by atoms with Crippen LogP contribution < -0.4 is 41.9 Å². The Morgan fingerprint density at radius 3 is 0.828 bits per heavy atom. The van der Waals surface area contributed by atoms with Crippen LogP contribution in [0.4, 0.5) is 11.4 Å². The Morgan fingerprint density at radius 1 is 0.586 bits per heavy atom. The monoisotopic (exact) mass is 465 g/mol. The number of nitrogen functional groups attached to an aromatic ring is 2. The molecular formula is C14H18CuN4O10. The van der Waals surface area contributed by atoms with Crippen LogP contribution in [0.5, 0.6) is 0 Å². The van der Waals surface area contributed by atoms with Gasteiger partial charge in [0, 0.05) is 35.6 Å². The third kappa shape index (κ3) is 29.2. The number of pyridine rings is 2. The van der Waals surface area contributed by atoms with Crippen LogP contribution in [0.1, 0.15) is 0 Å². The maximum Gasteiger partial charge on any atom is 2.00 e. The zero-order valence-electron chi connectivity index (χ0n) is 14.3. The maximum absolute atomic E-state index is 8.93. The summed E-state index contributed by atoms with van der Waals surface area (Å²) in [4.78, 5) is 41.4. The largest absolute Gasteiger partial charge is 2.00 e. The van der Waals surface area contributed by atoms with E-state index in [1.165, 1.54) is 0 Å². The van der Waals surface area contributed by atoms with E-state index in [1.54, 1.807) is 49.1 Å². The number of carbonyl (C=O) groups excluding carboxylic acids is 4. The summed E-state index contributed by atoms with van der Waals surface area (Å²) in [6, 6.07) is 7.22. The van der Waals surface area contributed by atoms with E-state index in [1.807, 2.05) is 0 Å². The summed E-state index contributed by atoms with van der Waals surface area (Å²) in [5.74, 6) is -8.74. The summed E-state index contributed by atoms with van der Waals surface area (Å²) in [5, 5.41) is 35.7. The molecule has 2 aromatic heterocycles. The van der Waals surface area contributed by atoms with Crippen molar-refractivity contribution in [2.45, 2.75) is 0 Å². The first-order valence-corrected chi connectivity index (χ1v) is 6.35. The van der Waals surface area contributed by atoms with Gasteiger partial charge in [-0.05, 0) is 0 Å². The summed E-state index contributed by atoms with van der Waals surface area (Å²) in [5.41, 5.74) is 12.3. The molecule has 2 heterocycles. The molecule has 0 amide bonds. The minimum Gasteiger partial charge on any atom is -0.543 e. The van der Waals surface area contributed by atoms with Crippen LogP contribution in [0.2, 0.25) is 0 Å². The number of aromatic amines is 2. The minimum atomic E-state index is -2.19. The number of carboxylic acid groups (broad SMARTS) is 4. The number of hydrogen-bond acceptors (Lipinski definition) is 10. The molecule has 10 N–H and O–H groups in total. The summed E-state index contributed by atoms with van der Waals surface area (Å²) >= 11 is 0. The van der Waals surface area contributed by atoms with Crippen LogP contribution in [0, 0.1) is 0 Å². The van der Waals surface area contributed by atoms with Gasteiger partial charge in [0.15, 0.2) is 24.8 Å². The molecule has 0 aliphatic heterocycles. The van der Waals surface area contributed by atoms with E-state index in [0.717, 1.165) is 11.4 Å². The molecule has 14 nitrogen and oxygen atoms in total. The molecule has 0 atom stereocenters. The molecule has 165 valence electrons. The molecule has 0 spiro atoms. The fraction of sp³-hybridized carbons (Fsp3) is 0. The molecule has 2 rings (SSSR count). The third-order valence-electron chi connectivity index (χ3n) is 1.82. The number of rotatable bonds is 0. The topological polar surface area (TPSA) is 304 Å². The fourth-order valence-corrected chi connectivity index (χ4v) is 0.800. The zero-order valence-corrected chi connectivity index (χ0v) is 15.3. The summed E-state index contributed by atoms with van der Waals surface area (Å²) in [6.07, 6.45) is 7.15. The predicted molar refractivity (Wildman–Crippen MR) is 82.1 cm³/mol. The zero-order chi connectivity index (χ0) is 20.5. The minimum absolute atomic E-state index is 0. The predicted octanol–water partition coefficient (Wildman–Crippen LogP) is -8.51. The van der Waals surface area contributed by atoms with Gasteiger partial charge in [0.05, 0.1) is 23.9 Å². The van der Waals surface area contributed by atoms with Crippen LogP contribution in [-0.4, -0.2) is 34.8 Å². The Morgan fingerprint density at radius 2 is 0.759 bits per heavy atom. The number of carboxylic acids is 4. The molecule has 1 radical (unpaired) electrons. The van der Waals surface area contributed by atoms with Crippen molar-refractivity contribution in [2.75, 3.05) is 11.5 Å². The molecule has 0 aromatic carbocycles. The van der Waals surface area contributed by atoms with Gasteiger partial charge in [-0.2, -0.15) is 0 Å². The van der Waals surface area contributed by atoms with Gasteiger partial charge >= 0.3 is 17.1 Å². The average molecular weight is 466 g/mol. The molecule has 0 aliphatic carbocycles. The number of anilines is 2. The Kier molecular flexibility index (Phi) is 27.8. The van der Waals surface area contributed by atoms with Crippen molar-refractivity contribution in [2.24, 2.45) is 0 Å². The van der Waals surface area contributed by atoms with Crippen molar-refractivity contribution in [3.05, 3.63) is 49.1 Å². The van der Waals surface area contributed by atoms with Crippen molar-refractivity contribution in [1.29, 1.82) is 0 Å². The van der Waals surface area contributed by atoms with Crippen LogP contribution >= 0.6 is 0 Å². The van der Waals surface area contributed by atoms with Crippen molar-refractivity contribution in [3.8, 4) is 0 Å². The number of nitrogens with one attached hydrogen (secondary N) is 2. The number of H-pyrrole nitrogens is 2. The molecule has 0 saturated heterocycles. The first-order chi connectivity index (χ1) is 12.1. The summed E-state index contributed by atoms with van der Waals surface area (Å²) in [6.45, 7) is 0. The molecule has 0 unspecified atom stereocenters. The fourth-order valence-electron chi connectivity index (χ4n) is 0.800. The van der Waals surface area contributed by atoms with Gasteiger partial charge in [0.25, 0.3) is 0 Å². The van der Waals surface area contributed by atoms with Crippen molar-refractivity contribution >= 4 is 35.3 Å². The number of carbonyl (C=O) groups is 4. The number of hydrogen-bond donors (Lipinski definition) is 2. The standard InChI is InChI=1S/2C5H6N2.2C2H2O4.Cu.2H2O/c2*6-5-1-3-7-4-2-5;2*3-1(4)2(5)6;;;/h2*1-4H,(H2,6,7);2*(H,3,4)(H,5,6);;2*1H2/q;;;;+2;;/p-2. The number of aromatic nitrogens is 2. The van der Waals surface area contributed by atoms with Gasteiger partial charge in [-0.25, -0.2) is 9.97 Å². The van der Waals surface area contributed by atoms with Crippen LogP contribution in [0.15, 0.2) is 49.1 Å². The second-order valence-corrected chi connectivity index (χ2v) is 3.82. The normalized spacial score (nSPS) is 7.17. The van der Waals surface area contributed by atoms with Crippen LogP contribution in [0.25, 0.3) is 0 Å². The molecule has 29 heavy (non-hydrogen) atoms. The van der Waals surface area contributed by atoms with Crippen molar-refractivity contribution in [3.63, 3.8) is 0 Å². The molecular weight excluding hydrogens is 448 g/mol. The van der Waals surface area contributed by atoms with Gasteiger partial charge in [0.2, 0.25) is 0 Å². The second-order valence-electron chi connectivity index (χ2n) is 3.82. The molecule has 2 aromatic rings. The smallest absolute Gasteiger partial charge is 0.543 e. The summed E-state index contributed by atoms with van der Waals surface area (Å²) < 4.78 is 0. The maximum atomic E-state index is 8.93. The number of aliphatic carboxylic acids is 4. The second kappa shape index (κ2) is 22.3. The van der Waals surface area contributed by atoms with E-state index in [9.17, 15) is 0 Å². The molecule has 0 fully saturated rings. The Hall–Kier alpha value is -3.78. The molecule has 0 aliphatic rings. The van der Waals surface area contributed by atoms with E-state index >= 15 is 0 Å². The van der Waals surface area contributed by atoms with Gasteiger partial charge in [-0.15, -0.1) is 0 Å².